The van der Waals surface area contributed by atoms with Crippen molar-refractivity contribution in [2.75, 3.05) is 5.32 Å². The molecule has 0 bridgehead atoms. The Hall–Kier alpha value is -3.15. The number of anilines is 1. The zero-order chi connectivity index (χ0) is 15.7. The number of carboxylic acid groups (broad SMARTS) is 1. The van der Waals surface area contributed by atoms with Gasteiger partial charge in [0.1, 0.15) is 5.69 Å². The Morgan fingerprint density at radius 1 is 1.23 bits per heavy atom. The minimum atomic E-state index is -1.27. The van der Waals surface area contributed by atoms with Crippen LogP contribution >= 0.6 is 0 Å². The molecule has 0 spiro atoms. The maximum absolute atomic E-state index is 12.3. The van der Waals surface area contributed by atoms with Crippen molar-refractivity contribution in [3.63, 3.8) is 0 Å². The summed E-state index contributed by atoms with van der Waals surface area (Å²) in [5.41, 5.74) is 1.65. The van der Waals surface area contributed by atoms with Crippen molar-refractivity contribution in [3.8, 4) is 0 Å². The van der Waals surface area contributed by atoms with Crippen molar-refractivity contribution in [2.24, 2.45) is 0 Å². The van der Waals surface area contributed by atoms with E-state index in [0.29, 0.717) is 10.9 Å². The predicted molar refractivity (Wildman–Crippen MR) is 80.1 cm³/mol. The summed E-state index contributed by atoms with van der Waals surface area (Å²) in [5.74, 6) is -2.01. The Balaban J connectivity index is 2.04. The molecule has 3 aromatic rings. The maximum atomic E-state index is 12.3. The smallest absolute Gasteiger partial charge is 0.374 e. The van der Waals surface area contributed by atoms with Crippen molar-refractivity contribution >= 4 is 28.7 Å². The molecule has 0 saturated heterocycles. The number of nitrogens with zero attached hydrogens (tertiary/aromatic N) is 1. The molecule has 0 unspecified atom stereocenters. The lowest BCUT2D eigenvalue weighted by Crippen LogP contribution is -2.14. The molecule has 0 atom stereocenters. The van der Waals surface area contributed by atoms with E-state index in [-0.39, 0.29) is 17.2 Å². The number of amides is 1. The summed E-state index contributed by atoms with van der Waals surface area (Å²) in [6.07, 6.45) is 1.49. The lowest BCUT2D eigenvalue weighted by atomic mass is 10.1. The maximum Gasteiger partial charge on any atom is 0.374 e. The van der Waals surface area contributed by atoms with Gasteiger partial charge in [0, 0.05) is 11.8 Å². The predicted octanol–water partition coefficient (Wildman–Crippen LogP) is 3.09. The van der Waals surface area contributed by atoms with Crippen molar-refractivity contribution in [2.45, 2.75) is 6.92 Å². The Labute approximate surface area is 125 Å². The lowest BCUT2D eigenvalue weighted by molar-refractivity contribution is 0.0666. The number of hydrogen-bond acceptors (Lipinski definition) is 4. The average molecular weight is 296 g/mol. The van der Waals surface area contributed by atoms with Crippen LogP contribution in [0.25, 0.3) is 11.1 Å². The summed E-state index contributed by atoms with van der Waals surface area (Å²) < 4.78 is 5.20. The fourth-order valence-electron chi connectivity index (χ4n) is 2.18. The number of carbonyl (C=O) groups is 2. The first-order valence-corrected chi connectivity index (χ1v) is 6.55. The van der Waals surface area contributed by atoms with Crippen LogP contribution in [-0.4, -0.2) is 22.0 Å². The number of aryl methyl sites for hydroxylation is 1. The molecule has 3 rings (SSSR count). The Morgan fingerprint density at radius 3 is 2.77 bits per heavy atom. The van der Waals surface area contributed by atoms with Crippen molar-refractivity contribution < 1.29 is 19.1 Å². The van der Waals surface area contributed by atoms with Crippen LogP contribution in [0.1, 0.15) is 26.5 Å². The van der Waals surface area contributed by atoms with Crippen LogP contribution in [0.2, 0.25) is 0 Å². The zero-order valence-corrected chi connectivity index (χ0v) is 11.7. The second-order valence-corrected chi connectivity index (χ2v) is 4.79. The highest BCUT2D eigenvalue weighted by Crippen LogP contribution is 2.30. The number of aromatic carboxylic acids is 1. The van der Waals surface area contributed by atoms with Crippen LogP contribution < -0.4 is 5.32 Å². The van der Waals surface area contributed by atoms with Gasteiger partial charge in [0.2, 0.25) is 11.5 Å². The number of benzene rings is 1. The number of aromatic nitrogens is 1. The standard InChI is InChI=1S/C16H12N2O4/c1-9-4-2-5-10(8-9)14(19)18-12-11-6-3-7-17-15(11)22-13(12)16(20)21/h2-8H,1H3,(H,18,19)(H,20,21). The molecule has 2 N–H and O–H groups in total. The molecule has 0 aliphatic rings. The average Bonchev–Trinajstić information content (AvgIpc) is 2.86. The van der Waals surface area contributed by atoms with Gasteiger partial charge in [-0.25, -0.2) is 9.78 Å². The molecule has 2 heterocycles. The minimum Gasteiger partial charge on any atom is -0.475 e. The number of carboxylic acids is 1. The highest BCUT2D eigenvalue weighted by atomic mass is 16.4. The van der Waals surface area contributed by atoms with Gasteiger partial charge in [-0.05, 0) is 31.2 Å². The van der Waals surface area contributed by atoms with E-state index in [1.165, 1.54) is 6.20 Å². The molecular weight excluding hydrogens is 284 g/mol. The van der Waals surface area contributed by atoms with Gasteiger partial charge in [0.05, 0.1) is 5.39 Å². The summed E-state index contributed by atoms with van der Waals surface area (Å²) in [4.78, 5) is 27.6. The SMILES string of the molecule is Cc1cccc(C(=O)Nc2c(C(=O)O)oc3ncccc23)c1. The fourth-order valence-corrected chi connectivity index (χ4v) is 2.18. The second-order valence-electron chi connectivity index (χ2n) is 4.79. The van der Waals surface area contributed by atoms with Crippen LogP contribution in [-0.2, 0) is 0 Å². The Bertz CT molecular complexity index is 883. The summed E-state index contributed by atoms with van der Waals surface area (Å²) >= 11 is 0. The van der Waals surface area contributed by atoms with Gasteiger partial charge >= 0.3 is 5.97 Å². The monoisotopic (exact) mass is 296 g/mol. The third-order valence-electron chi connectivity index (χ3n) is 3.18. The molecule has 1 amide bonds. The van der Waals surface area contributed by atoms with E-state index in [0.717, 1.165) is 5.56 Å². The van der Waals surface area contributed by atoms with Gasteiger partial charge in [-0.3, -0.25) is 4.79 Å². The van der Waals surface area contributed by atoms with Gasteiger partial charge < -0.3 is 14.8 Å². The van der Waals surface area contributed by atoms with E-state index >= 15 is 0 Å². The first-order chi connectivity index (χ1) is 10.6. The van der Waals surface area contributed by atoms with E-state index in [1.54, 1.807) is 30.3 Å². The summed E-state index contributed by atoms with van der Waals surface area (Å²) in [6.45, 7) is 1.87. The number of rotatable bonds is 3. The van der Waals surface area contributed by atoms with Gasteiger partial charge in [-0.15, -0.1) is 0 Å². The molecule has 22 heavy (non-hydrogen) atoms. The van der Waals surface area contributed by atoms with Gasteiger partial charge in [0.25, 0.3) is 5.91 Å². The molecule has 1 aromatic carbocycles. The Morgan fingerprint density at radius 2 is 2.05 bits per heavy atom. The minimum absolute atomic E-state index is 0.113. The molecular formula is C16H12N2O4. The van der Waals surface area contributed by atoms with Crippen molar-refractivity contribution in [1.29, 1.82) is 0 Å². The van der Waals surface area contributed by atoms with E-state index in [1.807, 2.05) is 13.0 Å². The molecule has 110 valence electrons. The number of pyridine rings is 1. The number of furan rings is 1. The fraction of sp³-hybridized carbons (Fsp3) is 0.0625. The number of hydrogen-bond donors (Lipinski definition) is 2. The first-order valence-electron chi connectivity index (χ1n) is 6.55. The third-order valence-corrected chi connectivity index (χ3v) is 3.18. The topological polar surface area (TPSA) is 92.4 Å². The lowest BCUT2D eigenvalue weighted by Gasteiger charge is -2.05. The van der Waals surface area contributed by atoms with Crippen LogP contribution in [0.3, 0.4) is 0 Å². The van der Waals surface area contributed by atoms with E-state index in [9.17, 15) is 14.7 Å². The van der Waals surface area contributed by atoms with E-state index in [2.05, 4.69) is 10.3 Å². The summed E-state index contributed by atoms with van der Waals surface area (Å²) in [5, 5.41) is 12.3. The van der Waals surface area contributed by atoms with Crippen LogP contribution in [0.15, 0.2) is 47.0 Å². The highest BCUT2D eigenvalue weighted by Gasteiger charge is 2.22. The Kier molecular flexibility index (Phi) is 3.34. The van der Waals surface area contributed by atoms with E-state index < -0.39 is 11.9 Å². The number of nitrogens with one attached hydrogen (secondary N) is 1. The molecule has 0 saturated carbocycles. The van der Waals surface area contributed by atoms with Crippen molar-refractivity contribution in [1.82, 2.24) is 4.98 Å². The zero-order valence-electron chi connectivity index (χ0n) is 11.7. The van der Waals surface area contributed by atoms with Crippen LogP contribution in [0, 0.1) is 6.92 Å². The number of fused-ring (bicyclic) bond motifs is 1. The number of carbonyl (C=O) groups excluding carboxylic acids is 1. The van der Waals surface area contributed by atoms with Gasteiger partial charge in [-0.2, -0.15) is 0 Å². The second kappa shape index (κ2) is 5.33. The van der Waals surface area contributed by atoms with Gasteiger partial charge in [-0.1, -0.05) is 17.7 Å². The van der Waals surface area contributed by atoms with Crippen molar-refractivity contribution in [3.05, 3.63) is 59.5 Å². The molecule has 2 aromatic heterocycles. The largest absolute Gasteiger partial charge is 0.475 e. The van der Waals surface area contributed by atoms with Crippen LogP contribution in [0.5, 0.6) is 0 Å². The molecule has 0 aliphatic carbocycles. The molecule has 6 heteroatoms. The molecule has 0 fully saturated rings. The first kappa shape index (κ1) is 13.8. The molecule has 6 nitrogen and oxygen atoms in total. The van der Waals surface area contributed by atoms with Gasteiger partial charge in [0.15, 0.2) is 0 Å². The highest BCUT2D eigenvalue weighted by molar-refractivity contribution is 6.12. The van der Waals surface area contributed by atoms with Crippen LogP contribution in [0.4, 0.5) is 5.69 Å². The summed E-state index contributed by atoms with van der Waals surface area (Å²) in [6, 6.07) is 10.3. The molecule has 0 aliphatic heterocycles. The third kappa shape index (κ3) is 2.42. The molecule has 0 radical (unpaired) electrons. The quantitative estimate of drug-likeness (QED) is 0.774. The summed E-state index contributed by atoms with van der Waals surface area (Å²) in [7, 11) is 0. The van der Waals surface area contributed by atoms with E-state index in [4.69, 9.17) is 4.42 Å². The normalized spacial score (nSPS) is 10.6.